The molecule has 206 valence electrons. The number of aromatic nitrogens is 2. The molecule has 0 bridgehead atoms. The lowest BCUT2D eigenvalue weighted by atomic mass is 10.0. The topological polar surface area (TPSA) is 88.4 Å². The van der Waals surface area contributed by atoms with Gasteiger partial charge in [0.25, 0.3) is 0 Å². The Kier molecular flexibility index (Phi) is 10.1. The maximum Gasteiger partial charge on any atom is 0.407 e. The van der Waals surface area contributed by atoms with Crippen molar-refractivity contribution in [2.75, 3.05) is 6.54 Å². The first-order chi connectivity index (χ1) is 17.8. The lowest BCUT2D eigenvalue weighted by molar-refractivity contribution is 0.0422. The molecule has 12 heteroatoms. The number of carbonyl (C=O) groups is 1. The lowest BCUT2D eigenvalue weighted by Crippen LogP contribution is -2.50. The molecule has 0 aliphatic rings. The molecule has 2 atom stereocenters. The van der Waals surface area contributed by atoms with Crippen LogP contribution in [0.1, 0.15) is 38.4 Å². The molecule has 3 aromatic rings. The fourth-order valence-electron chi connectivity index (χ4n) is 3.64. The highest BCUT2D eigenvalue weighted by Crippen LogP contribution is 2.25. The van der Waals surface area contributed by atoms with Crippen LogP contribution in [0, 0.1) is 15.2 Å². The monoisotopic (exact) mass is 648 g/mol. The van der Waals surface area contributed by atoms with Crippen molar-refractivity contribution in [2.24, 2.45) is 0 Å². The minimum absolute atomic E-state index is 0.0647. The summed E-state index contributed by atoms with van der Waals surface area (Å²) in [5.74, 6) is -1.76. The SMILES string of the molecule is CC(C)(C)OC(=O)N[C@@H](Cc1ccc(I)cc1)[C@@H](O)CNCc1c(F)cc(-c2cnn(C(F)F)c2)cc1F. The van der Waals surface area contributed by atoms with Crippen LogP contribution in [0.15, 0.2) is 48.8 Å². The summed E-state index contributed by atoms with van der Waals surface area (Å²) >= 11 is 2.17. The molecule has 0 spiro atoms. The molecule has 2 aromatic carbocycles. The fourth-order valence-corrected chi connectivity index (χ4v) is 4.00. The molecule has 3 N–H and O–H groups in total. The number of alkyl halides is 2. The Balaban J connectivity index is 1.67. The predicted octanol–water partition coefficient (Wildman–Crippen LogP) is 5.41. The van der Waals surface area contributed by atoms with Crippen LogP contribution in [0.3, 0.4) is 0 Å². The summed E-state index contributed by atoms with van der Waals surface area (Å²) in [4.78, 5) is 12.4. The van der Waals surface area contributed by atoms with Crippen molar-refractivity contribution in [2.45, 2.75) is 58.0 Å². The first-order valence-corrected chi connectivity index (χ1v) is 12.8. The van der Waals surface area contributed by atoms with E-state index in [2.05, 4.69) is 38.3 Å². The van der Waals surface area contributed by atoms with Gasteiger partial charge in [0.1, 0.15) is 17.2 Å². The minimum atomic E-state index is -2.87. The summed E-state index contributed by atoms with van der Waals surface area (Å²) in [6, 6.07) is 8.88. The Morgan fingerprint density at radius 1 is 1.13 bits per heavy atom. The van der Waals surface area contributed by atoms with Gasteiger partial charge in [0.15, 0.2) is 0 Å². The van der Waals surface area contributed by atoms with E-state index < -0.39 is 42.0 Å². The maximum atomic E-state index is 14.7. The summed E-state index contributed by atoms with van der Waals surface area (Å²) in [5, 5.41) is 19.8. The van der Waals surface area contributed by atoms with Crippen molar-refractivity contribution in [1.82, 2.24) is 20.4 Å². The zero-order chi connectivity index (χ0) is 28.0. The summed E-state index contributed by atoms with van der Waals surface area (Å²) in [7, 11) is 0. The van der Waals surface area contributed by atoms with Crippen molar-refractivity contribution in [3.63, 3.8) is 0 Å². The van der Waals surface area contributed by atoms with Crippen LogP contribution >= 0.6 is 22.6 Å². The molecule has 0 radical (unpaired) electrons. The van der Waals surface area contributed by atoms with Gasteiger partial charge in [-0.1, -0.05) is 12.1 Å². The molecule has 7 nitrogen and oxygen atoms in total. The number of aliphatic hydroxyl groups is 1. The number of nitrogens with one attached hydrogen (secondary N) is 2. The standard InChI is InChI=1S/C26H29F4IN4O3/c1-26(2,3)38-25(37)34-22(8-15-4-6-18(31)7-5-15)23(36)13-32-12-19-20(27)9-16(10-21(19)28)17-11-33-35(14-17)24(29)30/h4-7,9-11,14,22-24,32,36H,8,12-13H2,1-3H3,(H,34,37)/t22-,23-/m0/s1. The Morgan fingerprint density at radius 2 is 1.76 bits per heavy atom. The highest BCUT2D eigenvalue weighted by molar-refractivity contribution is 14.1. The van der Waals surface area contributed by atoms with Gasteiger partial charge >= 0.3 is 12.6 Å². The van der Waals surface area contributed by atoms with Crippen LogP contribution in [0.5, 0.6) is 0 Å². The van der Waals surface area contributed by atoms with Crippen LogP contribution in [0.4, 0.5) is 22.4 Å². The Hall–Kier alpha value is -2.71. The average Bonchev–Trinajstić information content (AvgIpc) is 3.31. The fraction of sp³-hybridized carbons (Fsp3) is 0.385. The van der Waals surface area contributed by atoms with E-state index in [-0.39, 0.29) is 29.8 Å². The van der Waals surface area contributed by atoms with Gasteiger partial charge in [0.2, 0.25) is 0 Å². The molecule has 0 aliphatic carbocycles. The first-order valence-electron chi connectivity index (χ1n) is 11.8. The minimum Gasteiger partial charge on any atom is -0.444 e. The van der Waals surface area contributed by atoms with E-state index in [1.54, 1.807) is 20.8 Å². The Morgan fingerprint density at radius 3 is 2.32 bits per heavy atom. The predicted molar refractivity (Wildman–Crippen MR) is 143 cm³/mol. The van der Waals surface area contributed by atoms with Crippen molar-refractivity contribution in [3.8, 4) is 11.1 Å². The van der Waals surface area contributed by atoms with Crippen molar-refractivity contribution in [1.29, 1.82) is 0 Å². The van der Waals surface area contributed by atoms with Crippen molar-refractivity contribution < 1.29 is 32.2 Å². The maximum absolute atomic E-state index is 14.7. The van der Waals surface area contributed by atoms with Crippen LogP contribution in [-0.4, -0.2) is 45.3 Å². The second-order valence-electron chi connectivity index (χ2n) is 9.69. The van der Waals surface area contributed by atoms with Crippen LogP contribution in [0.25, 0.3) is 11.1 Å². The van der Waals surface area contributed by atoms with Gasteiger partial charge < -0.3 is 20.5 Å². The number of amides is 1. The second-order valence-corrected chi connectivity index (χ2v) is 10.9. The van der Waals surface area contributed by atoms with E-state index >= 15 is 0 Å². The number of aliphatic hydroxyl groups excluding tert-OH is 1. The molecular formula is C26H29F4IN4O3. The number of halogens is 5. The van der Waals surface area contributed by atoms with Crippen molar-refractivity contribution >= 4 is 28.7 Å². The highest BCUT2D eigenvalue weighted by atomic mass is 127. The molecule has 0 aliphatic heterocycles. The molecule has 1 amide bonds. The molecule has 3 rings (SSSR count). The molecule has 0 unspecified atom stereocenters. The lowest BCUT2D eigenvalue weighted by Gasteiger charge is -2.27. The summed E-state index contributed by atoms with van der Waals surface area (Å²) in [6.45, 7) is 1.95. The number of rotatable bonds is 10. The van der Waals surface area contributed by atoms with Gasteiger partial charge in [-0.05, 0) is 85.2 Å². The quantitative estimate of drug-likeness (QED) is 0.202. The first kappa shape index (κ1) is 29.8. The molecule has 0 fully saturated rings. The van der Waals surface area contributed by atoms with Gasteiger partial charge in [-0.15, -0.1) is 0 Å². The van der Waals surface area contributed by atoms with E-state index in [0.29, 0.717) is 11.1 Å². The van der Waals surface area contributed by atoms with Crippen LogP contribution < -0.4 is 10.6 Å². The third kappa shape index (κ3) is 8.67. The van der Waals surface area contributed by atoms with Gasteiger partial charge in [-0.25, -0.2) is 18.3 Å². The van der Waals surface area contributed by atoms with E-state index in [9.17, 15) is 27.5 Å². The number of carbonyl (C=O) groups excluding carboxylic acids is 1. The third-order valence-electron chi connectivity index (χ3n) is 5.47. The van der Waals surface area contributed by atoms with E-state index in [4.69, 9.17) is 4.74 Å². The summed E-state index contributed by atoms with van der Waals surface area (Å²) in [5.41, 5.74) is 0.0597. The molecule has 0 saturated heterocycles. The summed E-state index contributed by atoms with van der Waals surface area (Å²) in [6.07, 6.45) is 0.573. The Labute approximate surface area is 231 Å². The van der Waals surface area contributed by atoms with Crippen molar-refractivity contribution in [3.05, 3.63) is 75.1 Å². The van der Waals surface area contributed by atoms with Gasteiger partial charge in [0, 0.05) is 34.0 Å². The van der Waals surface area contributed by atoms with E-state index in [1.807, 2.05) is 24.3 Å². The van der Waals surface area contributed by atoms with Gasteiger partial charge in [-0.3, -0.25) is 0 Å². The number of ether oxygens (including phenoxy) is 1. The van der Waals surface area contributed by atoms with Crippen LogP contribution in [0.2, 0.25) is 0 Å². The third-order valence-corrected chi connectivity index (χ3v) is 6.19. The molecule has 38 heavy (non-hydrogen) atoms. The number of nitrogens with zero attached hydrogens (tertiary/aromatic N) is 2. The van der Waals surface area contributed by atoms with Gasteiger partial charge in [-0.2, -0.15) is 13.9 Å². The number of alkyl carbamates (subject to hydrolysis) is 1. The zero-order valence-corrected chi connectivity index (χ0v) is 23.2. The largest absolute Gasteiger partial charge is 0.444 e. The Bertz CT molecular complexity index is 1210. The highest BCUT2D eigenvalue weighted by Gasteiger charge is 2.25. The number of hydrogen-bond donors (Lipinski definition) is 3. The van der Waals surface area contributed by atoms with Gasteiger partial charge in [0.05, 0.1) is 18.3 Å². The number of hydrogen-bond acceptors (Lipinski definition) is 5. The summed E-state index contributed by atoms with van der Waals surface area (Å²) < 4.78 is 61.6. The zero-order valence-electron chi connectivity index (χ0n) is 21.0. The van der Waals surface area contributed by atoms with E-state index in [1.165, 1.54) is 0 Å². The molecule has 1 aromatic heterocycles. The molecule has 1 heterocycles. The molecule has 0 saturated carbocycles. The number of benzene rings is 2. The molecular weight excluding hydrogens is 619 g/mol. The smallest absolute Gasteiger partial charge is 0.407 e. The average molecular weight is 648 g/mol. The second kappa shape index (κ2) is 12.9. The van der Waals surface area contributed by atoms with Crippen LogP contribution in [-0.2, 0) is 17.7 Å². The van der Waals surface area contributed by atoms with E-state index in [0.717, 1.165) is 33.7 Å². The normalized spacial score (nSPS) is 13.4.